The largest absolute Gasteiger partial charge is 0.487 e. The van der Waals surface area contributed by atoms with E-state index >= 15 is 0 Å². The van der Waals surface area contributed by atoms with Crippen LogP contribution in [0.3, 0.4) is 0 Å². The number of likely N-dealkylation sites (tertiary alicyclic amines) is 1. The topological polar surface area (TPSA) is 139 Å². The molecule has 0 unspecified atom stereocenters. The monoisotopic (exact) mass is 597 g/mol. The molecule has 3 heterocycles. The molecular formula is C31H39N3O7S. The predicted octanol–water partition coefficient (Wildman–Crippen LogP) is 6.56. The number of nitrogens with zero attached hydrogens (tertiary/aromatic N) is 3. The Hall–Kier alpha value is -3.73. The lowest BCUT2D eigenvalue weighted by atomic mass is 10.0. The van der Waals surface area contributed by atoms with E-state index in [1.54, 1.807) is 20.8 Å². The van der Waals surface area contributed by atoms with Crippen LogP contribution in [-0.4, -0.2) is 66.9 Å². The molecule has 0 radical (unpaired) electrons. The smallest absolute Gasteiger partial charge is 0.411 e. The molecule has 3 aromatic rings. The highest BCUT2D eigenvalue weighted by molar-refractivity contribution is 7.13. The first-order valence-electron chi connectivity index (χ1n) is 14.2. The van der Waals surface area contributed by atoms with Crippen LogP contribution in [0.5, 0.6) is 5.75 Å². The Balaban J connectivity index is 1.80. The number of pyridine rings is 1. The lowest BCUT2D eigenvalue weighted by Gasteiger charge is -2.32. The normalized spacial score (nSPS) is 19.0. The van der Waals surface area contributed by atoms with Crippen LogP contribution in [0.4, 0.5) is 4.79 Å². The number of fused-ring (bicyclic) bond motifs is 1. The molecular weight excluding hydrogens is 558 g/mol. The van der Waals surface area contributed by atoms with E-state index in [1.165, 1.54) is 16.2 Å². The number of rotatable bonds is 9. The minimum Gasteiger partial charge on any atom is -0.487 e. The molecule has 1 fully saturated rings. The van der Waals surface area contributed by atoms with E-state index in [2.05, 4.69) is 13.8 Å². The summed E-state index contributed by atoms with van der Waals surface area (Å²) in [5.41, 5.74) is 3.56. The van der Waals surface area contributed by atoms with Gasteiger partial charge >= 0.3 is 18.0 Å². The molecule has 2 aromatic heterocycles. The first kappa shape index (κ1) is 31.2. The van der Waals surface area contributed by atoms with Crippen LogP contribution in [0.1, 0.15) is 83.0 Å². The number of hydrogen-bond acceptors (Lipinski definition) is 8. The Morgan fingerprint density at radius 2 is 1.86 bits per heavy atom. The van der Waals surface area contributed by atoms with Crippen molar-refractivity contribution in [3.05, 3.63) is 40.4 Å². The molecule has 0 aliphatic carbocycles. The number of thiazole rings is 1. The number of ether oxygens (including phenoxy) is 2. The van der Waals surface area contributed by atoms with Gasteiger partial charge in [0.15, 0.2) is 0 Å². The number of aryl methyl sites for hydroxylation is 2. The Labute approximate surface area is 249 Å². The molecule has 10 nitrogen and oxygen atoms in total. The molecule has 4 rings (SSSR count). The number of carbonyl (C=O) groups is 3. The number of aliphatic carboxylic acids is 2. The second-order valence-electron chi connectivity index (χ2n) is 12.1. The minimum absolute atomic E-state index is 0.0189. The zero-order valence-corrected chi connectivity index (χ0v) is 25.9. The summed E-state index contributed by atoms with van der Waals surface area (Å²) in [7, 11) is 0. The molecule has 1 amide bonds. The third-order valence-corrected chi connectivity index (χ3v) is 8.32. The lowest BCUT2D eigenvalue weighted by molar-refractivity contribution is -0.142. The zero-order chi connectivity index (χ0) is 30.9. The zero-order valence-electron chi connectivity index (χ0n) is 25.1. The predicted molar refractivity (Wildman–Crippen MR) is 160 cm³/mol. The number of amides is 1. The fraction of sp³-hybridized carbons (Fsp3) is 0.516. The maximum absolute atomic E-state index is 13.3. The Morgan fingerprint density at radius 1 is 1.14 bits per heavy atom. The third kappa shape index (κ3) is 6.83. The van der Waals surface area contributed by atoms with Crippen LogP contribution in [-0.2, 0) is 14.3 Å². The van der Waals surface area contributed by atoms with Gasteiger partial charge in [-0.2, -0.15) is 0 Å². The summed E-state index contributed by atoms with van der Waals surface area (Å²) in [6.07, 6.45) is -1.12. The molecule has 3 atom stereocenters. The van der Waals surface area contributed by atoms with Gasteiger partial charge in [-0.1, -0.05) is 19.9 Å². The van der Waals surface area contributed by atoms with Crippen molar-refractivity contribution in [3.8, 4) is 16.5 Å². The van der Waals surface area contributed by atoms with Gasteiger partial charge in [0, 0.05) is 29.7 Å². The maximum atomic E-state index is 13.3. The van der Waals surface area contributed by atoms with Crippen molar-refractivity contribution >= 4 is 40.3 Å². The van der Waals surface area contributed by atoms with Crippen molar-refractivity contribution in [1.29, 1.82) is 0 Å². The fourth-order valence-electron chi connectivity index (χ4n) is 5.15. The van der Waals surface area contributed by atoms with E-state index in [0.717, 1.165) is 32.7 Å². The van der Waals surface area contributed by atoms with Crippen molar-refractivity contribution in [2.24, 2.45) is 0 Å². The average Bonchev–Trinajstić information content (AvgIpc) is 3.51. The van der Waals surface area contributed by atoms with Crippen molar-refractivity contribution in [1.82, 2.24) is 14.9 Å². The summed E-state index contributed by atoms with van der Waals surface area (Å²) in [6.45, 7) is 13.3. The molecule has 226 valence electrons. The lowest BCUT2D eigenvalue weighted by Crippen LogP contribution is -2.48. The highest BCUT2D eigenvalue weighted by Gasteiger charge is 2.49. The minimum atomic E-state index is -1.19. The van der Waals surface area contributed by atoms with Crippen molar-refractivity contribution < 1.29 is 34.1 Å². The van der Waals surface area contributed by atoms with Crippen LogP contribution in [0.15, 0.2) is 23.6 Å². The fourth-order valence-corrected chi connectivity index (χ4v) is 6.09. The molecule has 42 heavy (non-hydrogen) atoms. The van der Waals surface area contributed by atoms with Gasteiger partial charge in [-0.15, -0.1) is 11.3 Å². The number of aromatic nitrogens is 2. The molecule has 0 spiro atoms. The van der Waals surface area contributed by atoms with Gasteiger partial charge in [0.05, 0.1) is 17.3 Å². The van der Waals surface area contributed by atoms with E-state index in [0.29, 0.717) is 11.4 Å². The number of hydrogen-bond donors (Lipinski definition) is 2. The van der Waals surface area contributed by atoms with Gasteiger partial charge in [-0.05, 0) is 70.6 Å². The Bertz CT molecular complexity index is 1490. The second-order valence-corrected chi connectivity index (χ2v) is 13.0. The SMILES string of the molecule is Cc1ccc2c(O[C@@H]3C[C@@H](C(=O)O)N(C(=O)OC(C)(C)C)[C@@H]3CCCC(=O)O)cc(-c3nc(C(C)C)cs3)nc2c1C. The number of carbonyl (C=O) groups excluding carboxylic acids is 1. The maximum Gasteiger partial charge on any atom is 0.411 e. The summed E-state index contributed by atoms with van der Waals surface area (Å²) in [6, 6.07) is 3.83. The highest BCUT2D eigenvalue weighted by Crippen LogP contribution is 2.39. The first-order valence-corrected chi connectivity index (χ1v) is 15.0. The van der Waals surface area contributed by atoms with Crippen LogP contribution in [0, 0.1) is 13.8 Å². The van der Waals surface area contributed by atoms with Gasteiger partial charge in [-0.3, -0.25) is 9.69 Å². The molecule has 1 aliphatic rings. The second kappa shape index (κ2) is 12.2. The molecule has 0 saturated carbocycles. The average molecular weight is 598 g/mol. The Kier molecular flexibility index (Phi) is 9.10. The summed E-state index contributed by atoms with van der Waals surface area (Å²) < 4.78 is 12.2. The standard InChI is InChI=1S/C31H39N3O7S/c1-16(2)21-15-42-28(33-21)20-13-24(19-12-11-17(3)18(4)27(19)32-20)40-25-14-23(29(37)38)34(30(39)41-31(5,6)7)22(25)9-8-10-26(35)36/h11-13,15-16,22-23,25H,8-10,14H2,1-7H3,(H,35,36)(H,37,38)/t22-,23+,25-/m1/s1. The number of carboxylic acid groups (broad SMARTS) is 2. The quantitative estimate of drug-likeness (QED) is 0.280. The van der Waals surface area contributed by atoms with Gasteiger partial charge in [-0.25, -0.2) is 19.6 Å². The summed E-state index contributed by atoms with van der Waals surface area (Å²) in [5, 5.41) is 22.9. The molecule has 11 heteroatoms. The molecule has 1 aliphatic heterocycles. The van der Waals surface area contributed by atoms with E-state index in [-0.39, 0.29) is 31.6 Å². The van der Waals surface area contributed by atoms with E-state index in [9.17, 15) is 24.6 Å². The van der Waals surface area contributed by atoms with Crippen molar-refractivity contribution in [2.45, 2.75) is 104 Å². The van der Waals surface area contributed by atoms with Crippen LogP contribution in [0.2, 0.25) is 0 Å². The van der Waals surface area contributed by atoms with Gasteiger partial charge < -0.3 is 19.7 Å². The summed E-state index contributed by atoms with van der Waals surface area (Å²) in [5.74, 6) is -1.38. The van der Waals surface area contributed by atoms with E-state index in [4.69, 9.17) is 19.4 Å². The molecule has 2 N–H and O–H groups in total. The van der Waals surface area contributed by atoms with E-state index < -0.39 is 41.8 Å². The van der Waals surface area contributed by atoms with Crippen molar-refractivity contribution in [2.75, 3.05) is 0 Å². The molecule has 0 bridgehead atoms. The summed E-state index contributed by atoms with van der Waals surface area (Å²) in [4.78, 5) is 48.0. The Morgan fingerprint density at radius 3 is 2.45 bits per heavy atom. The van der Waals surface area contributed by atoms with Gasteiger partial charge in [0.25, 0.3) is 0 Å². The highest BCUT2D eigenvalue weighted by atomic mass is 32.1. The number of benzene rings is 1. The number of carboxylic acids is 2. The molecule has 1 aromatic carbocycles. The first-order chi connectivity index (χ1) is 19.7. The van der Waals surface area contributed by atoms with Gasteiger partial charge in [0.1, 0.15) is 34.2 Å². The molecule has 1 saturated heterocycles. The van der Waals surface area contributed by atoms with Crippen molar-refractivity contribution in [3.63, 3.8) is 0 Å². The van der Waals surface area contributed by atoms with E-state index in [1.807, 2.05) is 37.4 Å². The summed E-state index contributed by atoms with van der Waals surface area (Å²) >= 11 is 1.50. The van der Waals surface area contributed by atoms with Crippen LogP contribution < -0.4 is 4.74 Å². The van der Waals surface area contributed by atoms with Crippen LogP contribution >= 0.6 is 11.3 Å². The third-order valence-electron chi connectivity index (χ3n) is 7.44. The van der Waals surface area contributed by atoms with Crippen LogP contribution in [0.25, 0.3) is 21.6 Å². The van der Waals surface area contributed by atoms with Gasteiger partial charge in [0.2, 0.25) is 0 Å².